The van der Waals surface area contributed by atoms with E-state index in [1.54, 1.807) is 0 Å². The van der Waals surface area contributed by atoms with Crippen molar-refractivity contribution in [3.05, 3.63) is 34.9 Å². The van der Waals surface area contributed by atoms with Crippen molar-refractivity contribution in [3.63, 3.8) is 0 Å². The standard InChI is InChI=1S/C11H16O/c1-4-11(12)10-6-5-8(2)7-9(10)3/h5-7,11-12H,4H2,1-3H3/t11-/m0/s1. The molecule has 0 aliphatic rings. The van der Waals surface area contributed by atoms with Gasteiger partial charge in [-0.2, -0.15) is 0 Å². The van der Waals surface area contributed by atoms with Crippen molar-refractivity contribution in [2.24, 2.45) is 0 Å². The number of aliphatic hydroxyl groups excluding tert-OH is 1. The topological polar surface area (TPSA) is 20.2 Å². The van der Waals surface area contributed by atoms with Crippen LogP contribution in [0.2, 0.25) is 0 Å². The first-order valence-electron chi connectivity index (χ1n) is 4.40. The molecule has 1 heteroatoms. The highest BCUT2D eigenvalue weighted by Gasteiger charge is 2.06. The Morgan fingerprint density at radius 3 is 2.50 bits per heavy atom. The van der Waals surface area contributed by atoms with Crippen LogP contribution < -0.4 is 0 Å². The SMILES string of the molecule is CC[C@H](O)c1ccc(C)cc1C. The zero-order chi connectivity index (χ0) is 9.14. The van der Waals surface area contributed by atoms with Gasteiger partial charge >= 0.3 is 0 Å². The predicted molar refractivity (Wildman–Crippen MR) is 51.2 cm³/mol. The minimum Gasteiger partial charge on any atom is -0.388 e. The molecule has 12 heavy (non-hydrogen) atoms. The molecule has 0 aromatic heterocycles. The normalized spacial score (nSPS) is 13.0. The molecule has 0 unspecified atom stereocenters. The molecule has 1 atom stereocenters. The van der Waals surface area contributed by atoms with Crippen molar-refractivity contribution in [1.29, 1.82) is 0 Å². The second kappa shape index (κ2) is 3.72. The number of benzene rings is 1. The Hall–Kier alpha value is -0.820. The van der Waals surface area contributed by atoms with Gasteiger partial charge in [0, 0.05) is 0 Å². The fraction of sp³-hybridized carbons (Fsp3) is 0.455. The average Bonchev–Trinajstić information content (AvgIpc) is 2.03. The molecule has 0 aliphatic heterocycles. The van der Waals surface area contributed by atoms with Gasteiger partial charge in [0.2, 0.25) is 0 Å². The molecule has 0 heterocycles. The minimum atomic E-state index is -0.300. The summed E-state index contributed by atoms with van der Waals surface area (Å²) in [5.74, 6) is 0. The first kappa shape index (κ1) is 9.27. The lowest BCUT2D eigenvalue weighted by Crippen LogP contribution is -1.98. The molecule has 0 saturated heterocycles. The van der Waals surface area contributed by atoms with Crippen molar-refractivity contribution >= 4 is 0 Å². The van der Waals surface area contributed by atoms with E-state index in [1.165, 1.54) is 11.1 Å². The summed E-state index contributed by atoms with van der Waals surface area (Å²) in [6.45, 7) is 6.10. The van der Waals surface area contributed by atoms with E-state index in [0.717, 1.165) is 12.0 Å². The summed E-state index contributed by atoms with van der Waals surface area (Å²) in [7, 11) is 0. The summed E-state index contributed by atoms with van der Waals surface area (Å²) >= 11 is 0. The molecular weight excluding hydrogens is 148 g/mol. The van der Waals surface area contributed by atoms with Crippen molar-refractivity contribution in [3.8, 4) is 0 Å². The summed E-state index contributed by atoms with van der Waals surface area (Å²) in [5.41, 5.74) is 3.49. The maximum atomic E-state index is 9.60. The Bertz CT molecular complexity index is 266. The quantitative estimate of drug-likeness (QED) is 0.712. The van der Waals surface area contributed by atoms with Crippen LogP contribution in [0.4, 0.5) is 0 Å². The van der Waals surface area contributed by atoms with E-state index in [4.69, 9.17) is 0 Å². The summed E-state index contributed by atoms with van der Waals surface area (Å²) in [6, 6.07) is 6.16. The fourth-order valence-corrected chi connectivity index (χ4v) is 1.42. The zero-order valence-electron chi connectivity index (χ0n) is 7.96. The van der Waals surface area contributed by atoms with Gasteiger partial charge < -0.3 is 5.11 Å². The lowest BCUT2D eigenvalue weighted by atomic mass is 10.00. The highest BCUT2D eigenvalue weighted by molar-refractivity contribution is 5.31. The van der Waals surface area contributed by atoms with Gasteiger partial charge in [-0.3, -0.25) is 0 Å². The van der Waals surface area contributed by atoms with Gasteiger partial charge in [-0.1, -0.05) is 30.7 Å². The lowest BCUT2D eigenvalue weighted by Gasteiger charge is -2.11. The smallest absolute Gasteiger partial charge is 0.0790 e. The van der Waals surface area contributed by atoms with E-state index in [2.05, 4.69) is 13.0 Å². The summed E-state index contributed by atoms with van der Waals surface area (Å²) in [5, 5.41) is 9.60. The largest absolute Gasteiger partial charge is 0.388 e. The van der Waals surface area contributed by atoms with Gasteiger partial charge in [-0.05, 0) is 31.4 Å². The monoisotopic (exact) mass is 164 g/mol. The molecule has 0 bridgehead atoms. The maximum Gasteiger partial charge on any atom is 0.0790 e. The van der Waals surface area contributed by atoms with E-state index in [1.807, 2.05) is 26.0 Å². The summed E-state index contributed by atoms with van der Waals surface area (Å²) in [6.07, 6.45) is 0.481. The third kappa shape index (κ3) is 1.86. The Balaban J connectivity index is 3.01. The van der Waals surface area contributed by atoms with Gasteiger partial charge in [0.05, 0.1) is 6.10 Å². The van der Waals surface area contributed by atoms with E-state index in [0.29, 0.717) is 0 Å². The number of hydrogen-bond donors (Lipinski definition) is 1. The van der Waals surface area contributed by atoms with Gasteiger partial charge in [0.25, 0.3) is 0 Å². The first-order valence-corrected chi connectivity index (χ1v) is 4.40. The lowest BCUT2D eigenvalue weighted by molar-refractivity contribution is 0.173. The third-order valence-corrected chi connectivity index (χ3v) is 2.17. The number of hydrogen-bond acceptors (Lipinski definition) is 1. The molecule has 0 saturated carbocycles. The molecular formula is C11H16O. The third-order valence-electron chi connectivity index (χ3n) is 2.17. The second-order valence-electron chi connectivity index (χ2n) is 3.28. The van der Waals surface area contributed by atoms with Crippen LogP contribution in [0, 0.1) is 13.8 Å². The highest BCUT2D eigenvalue weighted by Crippen LogP contribution is 2.20. The van der Waals surface area contributed by atoms with E-state index in [9.17, 15) is 5.11 Å². The molecule has 1 aromatic rings. The highest BCUT2D eigenvalue weighted by atomic mass is 16.3. The van der Waals surface area contributed by atoms with Crippen LogP contribution in [0.1, 0.15) is 36.1 Å². The van der Waals surface area contributed by atoms with E-state index in [-0.39, 0.29) is 6.10 Å². The fourth-order valence-electron chi connectivity index (χ4n) is 1.42. The van der Waals surface area contributed by atoms with Gasteiger partial charge in [-0.15, -0.1) is 0 Å². The molecule has 1 aromatic carbocycles. The van der Waals surface area contributed by atoms with Crippen LogP contribution in [0.15, 0.2) is 18.2 Å². The molecule has 0 aliphatic carbocycles. The van der Waals surface area contributed by atoms with Crippen molar-refractivity contribution in [2.45, 2.75) is 33.3 Å². The van der Waals surface area contributed by atoms with Crippen LogP contribution in [0.25, 0.3) is 0 Å². The Labute approximate surface area is 74.1 Å². The Kier molecular flexibility index (Phi) is 2.88. The molecule has 66 valence electrons. The van der Waals surface area contributed by atoms with E-state index < -0.39 is 0 Å². The first-order chi connectivity index (χ1) is 5.65. The zero-order valence-corrected chi connectivity index (χ0v) is 7.96. The molecule has 0 fully saturated rings. The summed E-state index contributed by atoms with van der Waals surface area (Å²) in [4.78, 5) is 0. The van der Waals surface area contributed by atoms with Gasteiger partial charge in [0.1, 0.15) is 0 Å². The van der Waals surface area contributed by atoms with Crippen LogP contribution in [0.5, 0.6) is 0 Å². The number of aryl methyl sites for hydroxylation is 2. The predicted octanol–water partition coefficient (Wildman–Crippen LogP) is 2.75. The molecule has 1 N–H and O–H groups in total. The van der Waals surface area contributed by atoms with Crippen LogP contribution in [-0.4, -0.2) is 5.11 Å². The Morgan fingerprint density at radius 2 is 2.00 bits per heavy atom. The molecule has 0 radical (unpaired) electrons. The minimum absolute atomic E-state index is 0.300. The average molecular weight is 164 g/mol. The number of rotatable bonds is 2. The molecule has 0 spiro atoms. The summed E-state index contributed by atoms with van der Waals surface area (Å²) < 4.78 is 0. The number of aliphatic hydroxyl groups is 1. The van der Waals surface area contributed by atoms with Gasteiger partial charge in [0.15, 0.2) is 0 Å². The van der Waals surface area contributed by atoms with Crippen molar-refractivity contribution in [2.75, 3.05) is 0 Å². The molecule has 1 rings (SSSR count). The second-order valence-corrected chi connectivity index (χ2v) is 3.28. The van der Waals surface area contributed by atoms with Crippen molar-refractivity contribution in [1.82, 2.24) is 0 Å². The van der Waals surface area contributed by atoms with Crippen LogP contribution in [0.3, 0.4) is 0 Å². The van der Waals surface area contributed by atoms with Crippen molar-refractivity contribution < 1.29 is 5.11 Å². The molecule has 1 nitrogen and oxygen atoms in total. The Morgan fingerprint density at radius 1 is 1.33 bits per heavy atom. The van der Waals surface area contributed by atoms with Crippen LogP contribution in [-0.2, 0) is 0 Å². The van der Waals surface area contributed by atoms with E-state index >= 15 is 0 Å². The molecule has 0 amide bonds. The van der Waals surface area contributed by atoms with Gasteiger partial charge in [-0.25, -0.2) is 0 Å². The van der Waals surface area contributed by atoms with Crippen LogP contribution >= 0.6 is 0 Å². The maximum absolute atomic E-state index is 9.60.